The lowest BCUT2D eigenvalue weighted by Crippen LogP contribution is -2.52. The number of hydrogen-bond donors (Lipinski definition) is 2. The maximum atomic E-state index is 13.4. The van der Waals surface area contributed by atoms with E-state index in [-0.39, 0.29) is 47.3 Å². The van der Waals surface area contributed by atoms with Gasteiger partial charge in [-0.15, -0.1) is 0 Å². The van der Waals surface area contributed by atoms with Crippen LogP contribution < -0.4 is 15.4 Å². The molecule has 3 rings (SSSR count). The molecular formula is C22H29ClFN3O4. The van der Waals surface area contributed by atoms with Gasteiger partial charge in [0.2, 0.25) is 5.91 Å². The molecule has 2 amide bonds. The van der Waals surface area contributed by atoms with Crippen molar-refractivity contribution in [3.63, 3.8) is 0 Å². The van der Waals surface area contributed by atoms with Crippen molar-refractivity contribution in [1.29, 1.82) is 0 Å². The minimum absolute atomic E-state index is 0.00535. The first-order chi connectivity index (χ1) is 14.7. The van der Waals surface area contributed by atoms with E-state index < -0.39 is 5.82 Å². The number of benzene rings is 1. The fraction of sp³-hybridized carbons (Fsp3) is 0.545. The van der Waals surface area contributed by atoms with Gasteiger partial charge in [0.05, 0.1) is 17.0 Å². The minimum Gasteiger partial charge on any atom is -0.484 e. The summed E-state index contributed by atoms with van der Waals surface area (Å²) in [6.07, 6.45) is 3.26. The Bertz CT molecular complexity index is 833. The van der Waals surface area contributed by atoms with Crippen molar-refractivity contribution < 1.29 is 23.6 Å². The number of hydroxylamine groups is 2. The number of nitrogens with one attached hydrogen (secondary N) is 2. The average molecular weight is 454 g/mol. The summed E-state index contributed by atoms with van der Waals surface area (Å²) in [7, 11) is 0. The van der Waals surface area contributed by atoms with Gasteiger partial charge in [0.15, 0.2) is 6.61 Å². The largest absolute Gasteiger partial charge is 0.484 e. The van der Waals surface area contributed by atoms with Gasteiger partial charge in [0.1, 0.15) is 11.6 Å². The smallest absolute Gasteiger partial charge is 0.257 e. The maximum Gasteiger partial charge on any atom is 0.257 e. The van der Waals surface area contributed by atoms with Crippen LogP contribution in [0, 0.1) is 11.7 Å². The summed E-state index contributed by atoms with van der Waals surface area (Å²) in [6.45, 7) is 7.93. The highest BCUT2D eigenvalue weighted by atomic mass is 35.5. The molecule has 0 spiro atoms. The number of carbonyl (C=O) groups is 2. The van der Waals surface area contributed by atoms with Crippen LogP contribution in [0.4, 0.5) is 4.39 Å². The SMILES string of the molecule is C=C(CCNC(=O)COc1ccc(Cl)c(F)c1)NC(=O)C1CC(C)ON(C2CC2)C1C. The van der Waals surface area contributed by atoms with E-state index in [1.807, 2.05) is 18.9 Å². The fourth-order valence-corrected chi connectivity index (χ4v) is 3.72. The molecule has 170 valence electrons. The fourth-order valence-electron chi connectivity index (χ4n) is 3.60. The highest BCUT2D eigenvalue weighted by Gasteiger charge is 2.43. The molecule has 2 N–H and O–H groups in total. The van der Waals surface area contributed by atoms with Crippen LogP contribution in [-0.2, 0) is 14.4 Å². The highest BCUT2D eigenvalue weighted by molar-refractivity contribution is 6.30. The predicted molar refractivity (Wildman–Crippen MR) is 115 cm³/mol. The Labute approximate surface area is 186 Å². The summed E-state index contributed by atoms with van der Waals surface area (Å²) >= 11 is 5.61. The molecule has 1 aromatic rings. The van der Waals surface area contributed by atoms with Crippen LogP contribution in [0.3, 0.4) is 0 Å². The quantitative estimate of drug-likeness (QED) is 0.600. The molecule has 1 saturated carbocycles. The first-order valence-electron chi connectivity index (χ1n) is 10.5. The van der Waals surface area contributed by atoms with E-state index in [0.717, 1.165) is 18.9 Å². The Morgan fingerprint density at radius 2 is 2.10 bits per heavy atom. The molecule has 2 fully saturated rings. The van der Waals surface area contributed by atoms with Crippen LogP contribution >= 0.6 is 11.6 Å². The summed E-state index contributed by atoms with van der Waals surface area (Å²) in [6, 6.07) is 4.39. The van der Waals surface area contributed by atoms with Crippen molar-refractivity contribution in [1.82, 2.24) is 15.7 Å². The molecule has 31 heavy (non-hydrogen) atoms. The summed E-state index contributed by atoms with van der Waals surface area (Å²) in [5, 5.41) is 7.52. The Balaban J connectivity index is 1.36. The lowest BCUT2D eigenvalue weighted by Gasteiger charge is -2.41. The van der Waals surface area contributed by atoms with Crippen molar-refractivity contribution in [2.24, 2.45) is 5.92 Å². The van der Waals surface area contributed by atoms with Crippen LogP contribution in [0.5, 0.6) is 5.75 Å². The van der Waals surface area contributed by atoms with Gasteiger partial charge in [0.25, 0.3) is 5.91 Å². The third-order valence-electron chi connectivity index (χ3n) is 5.42. The van der Waals surface area contributed by atoms with Crippen molar-refractivity contribution >= 4 is 23.4 Å². The van der Waals surface area contributed by atoms with E-state index in [2.05, 4.69) is 17.2 Å². The monoisotopic (exact) mass is 453 g/mol. The van der Waals surface area contributed by atoms with Gasteiger partial charge in [0, 0.05) is 36.8 Å². The van der Waals surface area contributed by atoms with Crippen LogP contribution in [0.2, 0.25) is 5.02 Å². The van der Waals surface area contributed by atoms with E-state index in [1.54, 1.807) is 0 Å². The molecular weight excluding hydrogens is 425 g/mol. The van der Waals surface area contributed by atoms with Gasteiger partial charge in [-0.2, -0.15) is 5.06 Å². The van der Waals surface area contributed by atoms with Crippen LogP contribution in [-0.4, -0.2) is 48.2 Å². The molecule has 0 radical (unpaired) electrons. The lowest BCUT2D eigenvalue weighted by atomic mass is 9.91. The summed E-state index contributed by atoms with van der Waals surface area (Å²) in [5.74, 6) is -1.00. The second-order valence-corrected chi connectivity index (χ2v) is 8.55. The second-order valence-electron chi connectivity index (χ2n) is 8.15. The first-order valence-corrected chi connectivity index (χ1v) is 10.9. The molecule has 1 saturated heterocycles. The molecule has 9 heteroatoms. The number of amides is 2. The van der Waals surface area contributed by atoms with E-state index in [1.165, 1.54) is 12.1 Å². The Kier molecular flexibility index (Phi) is 7.91. The number of halogens is 2. The van der Waals surface area contributed by atoms with E-state index >= 15 is 0 Å². The summed E-state index contributed by atoms with van der Waals surface area (Å²) in [5.41, 5.74) is 0.537. The minimum atomic E-state index is -0.611. The lowest BCUT2D eigenvalue weighted by molar-refractivity contribution is -0.259. The molecule has 0 bridgehead atoms. The van der Waals surface area contributed by atoms with Gasteiger partial charge in [-0.1, -0.05) is 18.2 Å². The number of rotatable bonds is 9. The van der Waals surface area contributed by atoms with Gasteiger partial charge < -0.3 is 15.4 Å². The van der Waals surface area contributed by atoms with Crippen molar-refractivity contribution in [2.45, 2.75) is 57.7 Å². The Hall–Kier alpha value is -2.16. The summed E-state index contributed by atoms with van der Waals surface area (Å²) in [4.78, 5) is 30.6. The predicted octanol–water partition coefficient (Wildman–Crippen LogP) is 3.19. The Morgan fingerprint density at radius 1 is 1.35 bits per heavy atom. The van der Waals surface area contributed by atoms with Crippen LogP contribution in [0.1, 0.15) is 39.5 Å². The van der Waals surface area contributed by atoms with Gasteiger partial charge in [-0.3, -0.25) is 14.4 Å². The van der Waals surface area contributed by atoms with E-state index in [4.69, 9.17) is 21.2 Å². The molecule has 1 aliphatic carbocycles. The van der Waals surface area contributed by atoms with Crippen LogP contribution in [0.25, 0.3) is 0 Å². The number of nitrogens with zero attached hydrogens (tertiary/aromatic N) is 1. The van der Waals surface area contributed by atoms with Crippen molar-refractivity contribution in [2.75, 3.05) is 13.2 Å². The standard InChI is InChI=1S/C22H29ClFN3O4/c1-13(8-9-25-21(28)12-30-17-6-7-19(23)20(24)11-17)26-22(29)18-10-14(2)31-27(15(18)3)16-4-5-16/h6-7,11,14-16,18H,1,4-5,8-10,12H2,2-3H3,(H,25,28)(H,26,29). The normalized spacial score (nSPS) is 23.8. The molecule has 0 aromatic heterocycles. The molecule has 2 aliphatic rings. The average Bonchev–Trinajstić information content (AvgIpc) is 3.55. The van der Waals surface area contributed by atoms with Crippen molar-refractivity contribution in [3.8, 4) is 5.75 Å². The molecule has 3 atom stereocenters. The molecule has 1 aliphatic heterocycles. The first kappa shape index (κ1) is 23.5. The zero-order chi connectivity index (χ0) is 22.5. The Morgan fingerprint density at radius 3 is 2.77 bits per heavy atom. The number of carbonyl (C=O) groups excluding carboxylic acids is 2. The van der Waals surface area contributed by atoms with Crippen molar-refractivity contribution in [3.05, 3.63) is 41.3 Å². The van der Waals surface area contributed by atoms with E-state index in [0.29, 0.717) is 31.1 Å². The topological polar surface area (TPSA) is 79.9 Å². The zero-order valence-corrected chi connectivity index (χ0v) is 18.6. The molecule has 7 nitrogen and oxygen atoms in total. The maximum absolute atomic E-state index is 13.4. The van der Waals surface area contributed by atoms with Crippen LogP contribution in [0.15, 0.2) is 30.5 Å². The number of hydrogen-bond acceptors (Lipinski definition) is 5. The molecule has 3 unspecified atom stereocenters. The van der Waals surface area contributed by atoms with E-state index in [9.17, 15) is 14.0 Å². The van der Waals surface area contributed by atoms with Gasteiger partial charge in [-0.05, 0) is 45.2 Å². The third-order valence-corrected chi connectivity index (χ3v) is 5.73. The van der Waals surface area contributed by atoms with Gasteiger partial charge in [-0.25, -0.2) is 4.39 Å². The highest BCUT2D eigenvalue weighted by Crippen LogP contribution is 2.36. The zero-order valence-electron chi connectivity index (χ0n) is 17.8. The third kappa shape index (κ3) is 6.66. The molecule has 1 heterocycles. The van der Waals surface area contributed by atoms with Gasteiger partial charge >= 0.3 is 0 Å². The summed E-state index contributed by atoms with van der Waals surface area (Å²) < 4.78 is 18.6. The second kappa shape index (κ2) is 10.4. The number of ether oxygens (including phenoxy) is 1. The molecule has 1 aromatic carbocycles.